The van der Waals surface area contributed by atoms with Crippen molar-refractivity contribution in [2.24, 2.45) is 0 Å². The van der Waals surface area contributed by atoms with Gasteiger partial charge in [-0.2, -0.15) is 0 Å². The molecule has 0 unspecified atom stereocenters. The summed E-state index contributed by atoms with van der Waals surface area (Å²) in [5, 5.41) is 0. The number of nitrogens with zero attached hydrogens (tertiary/aromatic N) is 2. The zero-order chi connectivity index (χ0) is 12.5. The smallest absolute Gasteiger partial charge is 0.158 e. The molecule has 1 aliphatic heterocycles. The minimum absolute atomic E-state index is 0.0339. The third kappa shape index (κ3) is 6.99. The first-order valence-corrected chi connectivity index (χ1v) is 6.82. The second-order valence-corrected chi connectivity index (χ2v) is 4.90. The zero-order valence-electron chi connectivity index (χ0n) is 11.7. The molecule has 0 aromatic rings. The zero-order valence-corrected chi connectivity index (χ0v) is 11.7. The second kappa shape index (κ2) is 8.86. The van der Waals surface area contributed by atoms with Gasteiger partial charge in [0.15, 0.2) is 6.29 Å². The molecule has 4 nitrogen and oxygen atoms in total. The Balaban J connectivity index is 2.08. The van der Waals surface area contributed by atoms with Crippen molar-refractivity contribution in [3.05, 3.63) is 0 Å². The average Bonchev–Trinajstić information content (AvgIpc) is 2.34. The number of hydrogen-bond acceptors (Lipinski definition) is 4. The molecule has 0 N–H and O–H groups in total. The van der Waals surface area contributed by atoms with Crippen molar-refractivity contribution in [2.45, 2.75) is 32.5 Å². The highest BCUT2D eigenvalue weighted by Crippen LogP contribution is 2.09. The van der Waals surface area contributed by atoms with Crippen molar-refractivity contribution in [3.63, 3.8) is 0 Å². The fourth-order valence-corrected chi connectivity index (χ4v) is 2.03. The molecule has 0 spiro atoms. The predicted molar refractivity (Wildman–Crippen MR) is 70.2 cm³/mol. The molecule has 4 heteroatoms. The monoisotopic (exact) mass is 244 g/mol. The minimum atomic E-state index is 0.0339. The van der Waals surface area contributed by atoms with Crippen LogP contribution in [0.4, 0.5) is 0 Å². The molecule has 1 aliphatic rings. The molecule has 0 bridgehead atoms. The first-order valence-electron chi connectivity index (χ1n) is 6.82. The van der Waals surface area contributed by atoms with E-state index < -0.39 is 0 Å². The largest absolute Gasteiger partial charge is 0.353 e. The van der Waals surface area contributed by atoms with Gasteiger partial charge >= 0.3 is 0 Å². The third-order valence-corrected chi connectivity index (χ3v) is 3.10. The molecule has 0 aromatic carbocycles. The molecule has 0 atom stereocenters. The Morgan fingerprint density at radius 3 is 2.35 bits per heavy atom. The van der Waals surface area contributed by atoms with Gasteiger partial charge in [-0.15, -0.1) is 0 Å². The van der Waals surface area contributed by atoms with Gasteiger partial charge in [0.05, 0.1) is 13.2 Å². The van der Waals surface area contributed by atoms with E-state index in [0.29, 0.717) is 0 Å². The highest BCUT2D eigenvalue weighted by molar-refractivity contribution is 4.60. The Morgan fingerprint density at radius 2 is 1.76 bits per heavy atom. The maximum Gasteiger partial charge on any atom is 0.158 e. The third-order valence-electron chi connectivity index (χ3n) is 3.10. The number of rotatable bonds is 8. The van der Waals surface area contributed by atoms with E-state index in [9.17, 15) is 0 Å². The van der Waals surface area contributed by atoms with Crippen LogP contribution in [0.2, 0.25) is 0 Å². The van der Waals surface area contributed by atoms with E-state index in [-0.39, 0.29) is 6.29 Å². The first kappa shape index (κ1) is 14.9. The van der Waals surface area contributed by atoms with Gasteiger partial charge in [-0.05, 0) is 46.6 Å². The summed E-state index contributed by atoms with van der Waals surface area (Å²) in [6, 6.07) is 0. The van der Waals surface area contributed by atoms with Gasteiger partial charge in [0, 0.05) is 13.0 Å². The Labute approximate surface area is 106 Å². The summed E-state index contributed by atoms with van der Waals surface area (Å²) in [4.78, 5) is 4.71. The Hall–Kier alpha value is -0.160. The predicted octanol–water partition coefficient (Wildman–Crippen LogP) is 1.41. The van der Waals surface area contributed by atoms with Crippen LogP contribution in [0.1, 0.15) is 26.2 Å². The fraction of sp³-hybridized carbons (Fsp3) is 1.00. The van der Waals surface area contributed by atoms with Crippen molar-refractivity contribution < 1.29 is 9.47 Å². The van der Waals surface area contributed by atoms with E-state index in [0.717, 1.165) is 45.7 Å². The van der Waals surface area contributed by atoms with E-state index >= 15 is 0 Å². The van der Waals surface area contributed by atoms with Gasteiger partial charge in [0.2, 0.25) is 0 Å². The molecule has 0 amide bonds. The highest BCUT2D eigenvalue weighted by Gasteiger charge is 2.15. The lowest BCUT2D eigenvalue weighted by atomic mass is 10.3. The van der Waals surface area contributed by atoms with Crippen LogP contribution < -0.4 is 0 Å². The molecule has 0 aromatic heterocycles. The van der Waals surface area contributed by atoms with Gasteiger partial charge in [-0.1, -0.05) is 6.92 Å². The van der Waals surface area contributed by atoms with E-state index in [1.54, 1.807) is 0 Å². The minimum Gasteiger partial charge on any atom is -0.353 e. The van der Waals surface area contributed by atoms with Crippen LogP contribution in [0, 0.1) is 0 Å². The SMILES string of the molecule is CCN(CCCN(C)C)CCC1OCCCO1. The molecule has 0 aliphatic carbocycles. The molecule has 1 fully saturated rings. The molecule has 0 saturated carbocycles. The summed E-state index contributed by atoms with van der Waals surface area (Å²) in [6.07, 6.45) is 3.30. The van der Waals surface area contributed by atoms with Crippen LogP contribution >= 0.6 is 0 Å². The van der Waals surface area contributed by atoms with E-state index in [1.807, 2.05) is 0 Å². The maximum absolute atomic E-state index is 5.56. The lowest BCUT2D eigenvalue weighted by molar-refractivity contribution is -0.182. The highest BCUT2D eigenvalue weighted by atomic mass is 16.7. The molecule has 1 saturated heterocycles. The van der Waals surface area contributed by atoms with Crippen LogP contribution in [0.25, 0.3) is 0 Å². The van der Waals surface area contributed by atoms with Gasteiger partial charge in [-0.3, -0.25) is 0 Å². The second-order valence-electron chi connectivity index (χ2n) is 4.90. The van der Waals surface area contributed by atoms with Crippen LogP contribution in [-0.2, 0) is 9.47 Å². The fourth-order valence-electron chi connectivity index (χ4n) is 2.03. The Morgan fingerprint density at radius 1 is 1.06 bits per heavy atom. The Bertz CT molecular complexity index is 182. The summed E-state index contributed by atoms with van der Waals surface area (Å²) in [7, 11) is 4.25. The molecular formula is C13H28N2O2. The van der Waals surface area contributed by atoms with E-state index in [2.05, 4.69) is 30.8 Å². The standard InChI is InChI=1S/C13H28N2O2/c1-4-15(9-5-8-14(2)3)10-7-13-16-11-6-12-17-13/h13H,4-12H2,1-3H3. The lowest BCUT2D eigenvalue weighted by Gasteiger charge is -2.27. The van der Waals surface area contributed by atoms with Gasteiger partial charge < -0.3 is 19.3 Å². The van der Waals surface area contributed by atoms with Gasteiger partial charge in [-0.25, -0.2) is 0 Å². The van der Waals surface area contributed by atoms with Crippen LogP contribution in [0.5, 0.6) is 0 Å². The van der Waals surface area contributed by atoms with Crippen LogP contribution in [0.3, 0.4) is 0 Å². The summed E-state index contributed by atoms with van der Waals surface area (Å²) < 4.78 is 11.1. The molecule has 17 heavy (non-hydrogen) atoms. The molecule has 1 rings (SSSR count). The first-order chi connectivity index (χ1) is 8.22. The molecule has 102 valence electrons. The average molecular weight is 244 g/mol. The summed E-state index contributed by atoms with van der Waals surface area (Å²) in [5.41, 5.74) is 0. The van der Waals surface area contributed by atoms with Crippen LogP contribution in [0.15, 0.2) is 0 Å². The summed E-state index contributed by atoms with van der Waals surface area (Å²) in [5.74, 6) is 0. The van der Waals surface area contributed by atoms with Crippen molar-refractivity contribution in [2.75, 3.05) is 53.5 Å². The molecule has 0 radical (unpaired) electrons. The van der Waals surface area contributed by atoms with Crippen molar-refractivity contribution in [1.82, 2.24) is 9.80 Å². The number of ether oxygens (including phenoxy) is 2. The topological polar surface area (TPSA) is 24.9 Å². The van der Waals surface area contributed by atoms with Gasteiger partial charge in [0.1, 0.15) is 0 Å². The van der Waals surface area contributed by atoms with E-state index in [4.69, 9.17) is 9.47 Å². The lowest BCUT2D eigenvalue weighted by Crippen LogP contribution is -2.33. The number of hydrogen-bond donors (Lipinski definition) is 0. The van der Waals surface area contributed by atoms with Crippen molar-refractivity contribution in [1.29, 1.82) is 0 Å². The quantitative estimate of drug-likeness (QED) is 0.644. The maximum atomic E-state index is 5.56. The summed E-state index contributed by atoms with van der Waals surface area (Å²) in [6.45, 7) is 8.45. The molecule has 1 heterocycles. The van der Waals surface area contributed by atoms with Gasteiger partial charge in [0.25, 0.3) is 0 Å². The van der Waals surface area contributed by atoms with Crippen molar-refractivity contribution >= 4 is 0 Å². The molecular weight excluding hydrogens is 216 g/mol. The van der Waals surface area contributed by atoms with Crippen LogP contribution in [-0.4, -0.2) is 69.6 Å². The Kier molecular flexibility index (Phi) is 7.77. The summed E-state index contributed by atoms with van der Waals surface area (Å²) >= 11 is 0. The normalized spacial score (nSPS) is 18.2. The van der Waals surface area contributed by atoms with Crippen molar-refractivity contribution in [3.8, 4) is 0 Å². The van der Waals surface area contributed by atoms with E-state index in [1.165, 1.54) is 13.0 Å².